The molecule has 0 saturated heterocycles. The number of hydrogen-bond acceptors (Lipinski definition) is 3. The van der Waals surface area contributed by atoms with Crippen molar-refractivity contribution < 1.29 is 10.0 Å². The molecule has 1 unspecified atom stereocenters. The molecule has 0 aromatic rings. The van der Waals surface area contributed by atoms with E-state index in [9.17, 15) is 10.1 Å². The number of nitro groups is 1. The maximum absolute atomic E-state index is 9.29. The van der Waals surface area contributed by atoms with Crippen molar-refractivity contribution >= 4 is 10.2 Å². The summed E-state index contributed by atoms with van der Waals surface area (Å²) < 4.78 is 0. The average molecular weight is 107 g/mol. The van der Waals surface area contributed by atoms with E-state index in [1.165, 1.54) is 0 Å². The third-order valence-electron chi connectivity index (χ3n) is 0.305. The molecule has 5 heteroatoms. The van der Waals surface area contributed by atoms with Crippen molar-refractivity contribution in [3.63, 3.8) is 0 Å². The van der Waals surface area contributed by atoms with Crippen LogP contribution in [-0.2, 0) is 0 Å². The van der Waals surface area contributed by atoms with E-state index in [1.807, 2.05) is 0 Å². The summed E-state index contributed by atoms with van der Waals surface area (Å²) in [5.41, 5.74) is 0. The van der Waals surface area contributed by atoms with E-state index in [0.29, 0.717) is 0 Å². The molecule has 0 aliphatic rings. The standard InChI is InChI=1S/CH5NO3Si/c3-1(6)2(4)5/h1,3H,6H3. The Kier molecular flexibility index (Phi) is 1.75. The average Bonchev–Trinajstić information content (AvgIpc) is 1.36. The molecule has 0 aliphatic heterocycles. The van der Waals surface area contributed by atoms with Gasteiger partial charge in [-0.2, -0.15) is 0 Å². The summed E-state index contributed by atoms with van der Waals surface area (Å²) in [5, 5.41) is 17.3. The summed E-state index contributed by atoms with van der Waals surface area (Å²) in [5.74, 6) is -1.29. The highest BCUT2D eigenvalue weighted by molar-refractivity contribution is 6.09. The second-order valence-corrected chi connectivity index (χ2v) is 1.95. The van der Waals surface area contributed by atoms with Crippen LogP contribution in [0.1, 0.15) is 0 Å². The Bertz CT molecular complexity index is 61.8. The molecule has 0 aliphatic carbocycles. The molecule has 0 radical (unpaired) electrons. The summed E-state index contributed by atoms with van der Waals surface area (Å²) in [6.07, 6.45) is 0. The van der Waals surface area contributed by atoms with Crippen LogP contribution in [0.5, 0.6) is 0 Å². The Morgan fingerprint density at radius 3 is 2.17 bits per heavy atom. The fraction of sp³-hybridized carbons (Fsp3) is 1.00. The lowest BCUT2D eigenvalue weighted by Crippen LogP contribution is -2.17. The Morgan fingerprint density at radius 1 is 2.00 bits per heavy atom. The molecule has 4 nitrogen and oxygen atoms in total. The summed E-state index contributed by atoms with van der Waals surface area (Å²) >= 11 is 0. The summed E-state index contributed by atoms with van der Waals surface area (Å²) in [6, 6.07) is 0. The lowest BCUT2D eigenvalue weighted by Gasteiger charge is -1.88. The van der Waals surface area contributed by atoms with Crippen molar-refractivity contribution in [2.45, 2.75) is 5.85 Å². The Hall–Kier alpha value is -0.423. The SMILES string of the molecule is O=[N+]([O-])C(O)[SiH3]. The number of hydrogen-bond donors (Lipinski definition) is 1. The molecule has 0 rings (SSSR count). The van der Waals surface area contributed by atoms with Crippen LogP contribution < -0.4 is 0 Å². The molecule has 0 spiro atoms. The predicted octanol–water partition coefficient (Wildman–Crippen LogP) is -2.10. The van der Waals surface area contributed by atoms with Gasteiger partial charge < -0.3 is 5.11 Å². The molecular formula is CH5NO3Si. The first kappa shape index (κ1) is 5.58. The smallest absolute Gasteiger partial charge is 0.275 e. The van der Waals surface area contributed by atoms with E-state index in [2.05, 4.69) is 0 Å². The fourth-order valence-corrected chi connectivity index (χ4v) is 0. The van der Waals surface area contributed by atoms with Gasteiger partial charge in [-0.1, -0.05) is 0 Å². The van der Waals surface area contributed by atoms with E-state index in [-0.39, 0.29) is 10.2 Å². The Balaban J connectivity index is 3.26. The van der Waals surface area contributed by atoms with Crippen LogP contribution in [0, 0.1) is 10.1 Å². The highest BCUT2D eigenvalue weighted by atomic mass is 28.1. The lowest BCUT2D eigenvalue weighted by molar-refractivity contribution is -0.542. The van der Waals surface area contributed by atoms with E-state index in [0.717, 1.165) is 0 Å². The van der Waals surface area contributed by atoms with Gasteiger partial charge in [0, 0.05) is 4.92 Å². The zero-order valence-corrected chi connectivity index (χ0v) is 5.29. The van der Waals surface area contributed by atoms with Gasteiger partial charge in [0.15, 0.2) is 0 Å². The van der Waals surface area contributed by atoms with Crippen molar-refractivity contribution in [1.82, 2.24) is 0 Å². The molecule has 0 heterocycles. The molecule has 0 aromatic heterocycles. The zero-order chi connectivity index (χ0) is 5.15. The van der Waals surface area contributed by atoms with Gasteiger partial charge in [-0.25, -0.2) is 0 Å². The van der Waals surface area contributed by atoms with E-state index >= 15 is 0 Å². The molecule has 36 valence electrons. The van der Waals surface area contributed by atoms with Gasteiger partial charge in [-0.15, -0.1) is 0 Å². The molecule has 0 aromatic carbocycles. The van der Waals surface area contributed by atoms with Gasteiger partial charge in [0.05, 0.1) is 0 Å². The third-order valence-corrected chi connectivity index (χ3v) is 0.727. The number of aliphatic hydroxyl groups excluding tert-OH is 1. The highest BCUT2D eigenvalue weighted by Crippen LogP contribution is 1.69. The van der Waals surface area contributed by atoms with Gasteiger partial charge in [0.2, 0.25) is 0 Å². The van der Waals surface area contributed by atoms with Crippen molar-refractivity contribution in [2.75, 3.05) is 0 Å². The molecule has 0 bridgehead atoms. The van der Waals surface area contributed by atoms with Gasteiger partial charge in [0.1, 0.15) is 10.2 Å². The van der Waals surface area contributed by atoms with Crippen LogP contribution in [0.4, 0.5) is 0 Å². The minimum atomic E-state index is -1.29. The molecule has 0 saturated carbocycles. The fourth-order valence-electron chi connectivity index (χ4n) is 0. The van der Waals surface area contributed by atoms with Gasteiger partial charge in [-0.3, -0.25) is 10.1 Å². The van der Waals surface area contributed by atoms with Gasteiger partial charge >= 0.3 is 0 Å². The zero-order valence-electron chi connectivity index (χ0n) is 3.29. The second-order valence-electron chi connectivity index (χ2n) is 0.917. The van der Waals surface area contributed by atoms with E-state index in [1.54, 1.807) is 0 Å². The largest absolute Gasteiger partial charge is 0.338 e. The third kappa shape index (κ3) is 1.86. The first-order valence-electron chi connectivity index (χ1n) is 1.46. The van der Waals surface area contributed by atoms with E-state index < -0.39 is 10.8 Å². The predicted molar refractivity (Wildman–Crippen MR) is 22.9 cm³/mol. The number of aliphatic hydroxyl groups is 1. The molecule has 0 amide bonds. The number of nitrogens with zero attached hydrogens (tertiary/aromatic N) is 1. The molecule has 1 N–H and O–H groups in total. The summed E-state index contributed by atoms with van der Waals surface area (Å²) in [7, 11) is 0.210. The van der Waals surface area contributed by atoms with Gasteiger partial charge in [0.25, 0.3) is 5.85 Å². The van der Waals surface area contributed by atoms with Gasteiger partial charge in [-0.05, 0) is 0 Å². The Labute approximate surface area is 37.4 Å². The normalized spacial score (nSPS) is 14.2. The number of rotatable bonds is 1. The van der Waals surface area contributed by atoms with Crippen molar-refractivity contribution in [3.8, 4) is 0 Å². The molecule has 1 atom stereocenters. The van der Waals surface area contributed by atoms with Crippen LogP contribution >= 0.6 is 0 Å². The van der Waals surface area contributed by atoms with Crippen LogP contribution in [0.3, 0.4) is 0 Å². The monoisotopic (exact) mass is 107 g/mol. The Morgan fingerprint density at radius 2 is 2.17 bits per heavy atom. The lowest BCUT2D eigenvalue weighted by atomic mass is 11.3. The molecule has 0 fully saturated rings. The topological polar surface area (TPSA) is 63.4 Å². The summed E-state index contributed by atoms with van der Waals surface area (Å²) in [4.78, 5) is 8.57. The van der Waals surface area contributed by atoms with Crippen molar-refractivity contribution in [2.24, 2.45) is 0 Å². The van der Waals surface area contributed by atoms with E-state index in [4.69, 9.17) is 5.11 Å². The molecule has 6 heavy (non-hydrogen) atoms. The summed E-state index contributed by atoms with van der Waals surface area (Å²) in [6.45, 7) is 0. The van der Waals surface area contributed by atoms with Crippen LogP contribution in [0.25, 0.3) is 0 Å². The van der Waals surface area contributed by atoms with Crippen molar-refractivity contribution in [1.29, 1.82) is 0 Å². The minimum absolute atomic E-state index is 0.210. The minimum Gasteiger partial charge on any atom is -0.338 e. The first-order valence-corrected chi connectivity index (χ1v) is 2.61. The second kappa shape index (κ2) is 1.88. The maximum atomic E-state index is 9.29. The van der Waals surface area contributed by atoms with Crippen LogP contribution in [-0.4, -0.2) is 26.1 Å². The highest BCUT2D eigenvalue weighted by Gasteiger charge is 2.01. The van der Waals surface area contributed by atoms with Crippen molar-refractivity contribution in [3.05, 3.63) is 10.1 Å². The first-order chi connectivity index (χ1) is 2.64. The maximum Gasteiger partial charge on any atom is 0.275 e. The molecular weight excluding hydrogens is 102 g/mol. The van der Waals surface area contributed by atoms with Crippen LogP contribution in [0.15, 0.2) is 0 Å². The van der Waals surface area contributed by atoms with Crippen LogP contribution in [0.2, 0.25) is 0 Å². The quantitative estimate of drug-likeness (QED) is 0.181.